The maximum atomic E-state index is 14.0. The third-order valence-corrected chi connectivity index (χ3v) is 6.80. The Morgan fingerprint density at radius 3 is 2.39 bits per heavy atom. The van der Waals surface area contributed by atoms with Gasteiger partial charge in [-0.3, -0.25) is 9.36 Å². The summed E-state index contributed by atoms with van der Waals surface area (Å²) in [5.41, 5.74) is 2.14. The molecule has 1 atom stereocenters. The summed E-state index contributed by atoms with van der Waals surface area (Å²) in [6.45, 7) is 4.62. The predicted octanol–water partition coefficient (Wildman–Crippen LogP) is 7.11. The molecule has 5 aromatic rings. The van der Waals surface area contributed by atoms with Gasteiger partial charge in [-0.25, -0.2) is 14.2 Å². The van der Waals surface area contributed by atoms with E-state index in [0.717, 1.165) is 5.56 Å². The molecule has 41 heavy (non-hydrogen) atoms. The van der Waals surface area contributed by atoms with Crippen LogP contribution in [0, 0.1) is 5.82 Å². The molecule has 0 spiro atoms. The first kappa shape index (κ1) is 27.6. The number of anilines is 1. The highest BCUT2D eigenvalue weighted by atomic mass is 19.1. The topological polar surface area (TPSA) is 76.5 Å². The van der Waals surface area contributed by atoms with E-state index >= 15 is 0 Å². The average molecular weight is 551 g/mol. The molecule has 0 fully saturated rings. The molecule has 0 aliphatic heterocycles. The largest absolute Gasteiger partial charge is 0.494 e. The van der Waals surface area contributed by atoms with E-state index in [1.165, 1.54) is 18.2 Å². The zero-order valence-corrected chi connectivity index (χ0v) is 23.0. The highest BCUT2D eigenvalue weighted by Gasteiger charge is 2.29. The van der Waals surface area contributed by atoms with E-state index < -0.39 is 17.9 Å². The summed E-state index contributed by atoms with van der Waals surface area (Å²) >= 11 is 0. The van der Waals surface area contributed by atoms with Gasteiger partial charge in [-0.2, -0.15) is 0 Å². The smallest absolute Gasteiger partial charge is 0.322 e. The van der Waals surface area contributed by atoms with E-state index in [4.69, 9.17) is 9.72 Å². The maximum absolute atomic E-state index is 14.0. The Morgan fingerprint density at radius 2 is 1.68 bits per heavy atom. The number of amides is 2. The predicted molar refractivity (Wildman–Crippen MR) is 159 cm³/mol. The number of halogens is 1. The molecule has 0 aliphatic carbocycles. The molecule has 4 aromatic carbocycles. The molecule has 8 heteroatoms. The van der Waals surface area contributed by atoms with Gasteiger partial charge >= 0.3 is 6.03 Å². The molecule has 7 nitrogen and oxygen atoms in total. The van der Waals surface area contributed by atoms with E-state index in [2.05, 4.69) is 5.32 Å². The van der Waals surface area contributed by atoms with Gasteiger partial charge in [0.15, 0.2) is 0 Å². The summed E-state index contributed by atoms with van der Waals surface area (Å²) in [5.74, 6) is 0.655. The fourth-order valence-corrected chi connectivity index (χ4v) is 4.89. The van der Waals surface area contributed by atoms with Crippen molar-refractivity contribution in [2.24, 2.45) is 0 Å². The molecule has 2 amide bonds. The van der Waals surface area contributed by atoms with Crippen LogP contribution in [0.4, 0.5) is 14.9 Å². The van der Waals surface area contributed by atoms with Crippen molar-refractivity contribution in [1.29, 1.82) is 0 Å². The number of carbonyl (C=O) groups is 1. The lowest BCUT2D eigenvalue weighted by Gasteiger charge is -2.32. The van der Waals surface area contributed by atoms with Crippen LogP contribution in [-0.2, 0) is 6.54 Å². The zero-order chi connectivity index (χ0) is 28.8. The van der Waals surface area contributed by atoms with Crippen molar-refractivity contribution in [3.05, 3.63) is 131 Å². The van der Waals surface area contributed by atoms with Gasteiger partial charge in [0.25, 0.3) is 5.56 Å². The SMILES string of the molecule is CCOc1ccc(-n2c(C(CC)N(Cc3ccccc3)C(=O)Nc3cccc(F)c3)nc3ccccc3c2=O)cc1. The third kappa shape index (κ3) is 6.11. The normalized spacial score (nSPS) is 11.7. The van der Waals surface area contributed by atoms with Crippen LogP contribution >= 0.6 is 0 Å². The Labute approximate surface area is 237 Å². The first-order chi connectivity index (χ1) is 20.0. The maximum Gasteiger partial charge on any atom is 0.322 e. The monoisotopic (exact) mass is 550 g/mol. The minimum absolute atomic E-state index is 0.238. The molecule has 0 saturated carbocycles. The van der Waals surface area contributed by atoms with Gasteiger partial charge < -0.3 is 15.0 Å². The van der Waals surface area contributed by atoms with Crippen molar-refractivity contribution in [3.8, 4) is 11.4 Å². The fraction of sp³-hybridized carbons (Fsp3) is 0.182. The second-order valence-electron chi connectivity index (χ2n) is 9.53. The summed E-state index contributed by atoms with van der Waals surface area (Å²) in [6, 6.07) is 28.7. The molecule has 1 N–H and O–H groups in total. The van der Waals surface area contributed by atoms with Crippen molar-refractivity contribution < 1.29 is 13.9 Å². The minimum atomic E-state index is -0.604. The van der Waals surface area contributed by atoms with Gasteiger partial charge in [0.2, 0.25) is 0 Å². The molecule has 0 saturated heterocycles. The molecule has 1 aromatic heterocycles. The van der Waals surface area contributed by atoms with E-state index in [9.17, 15) is 14.0 Å². The van der Waals surface area contributed by atoms with E-state index in [1.54, 1.807) is 33.7 Å². The molecule has 0 radical (unpaired) electrons. The van der Waals surface area contributed by atoms with Gasteiger partial charge in [-0.1, -0.05) is 55.5 Å². The Balaban J connectivity index is 1.66. The Kier molecular flexibility index (Phi) is 8.39. The molecule has 5 rings (SSSR count). The van der Waals surface area contributed by atoms with Crippen molar-refractivity contribution in [3.63, 3.8) is 0 Å². The number of para-hydroxylation sites is 1. The number of benzene rings is 4. The van der Waals surface area contributed by atoms with Gasteiger partial charge in [0.1, 0.15) is 17.4 Å². The van der Waals surface area contributed by atoms with Crippen molar-refractivity contribution in [2.45, 2.75) is 32.9 Å². The Bertz CT molecular complexity index is 1700. The summed E-state index contributed by atoms with van der Waals surface area (Å²) < 4.78 is 21.1. The molecule has 0 bridgehead atoms. The van der Waals surface area contributed by atoms with Crippen molar-refractivity contribution in [1.82, 2.24) is 14.5 Å². The number of hydrogen-bond donors (Lipinski definition) is 1. The van der Waals surface area contributed by atoms with Crippen LogP contribution in [0.1, 0.15) is 37.7 Å². The molecular formula is C33H31FN4O3. The number of carbonyl (C=O) groups excluding carboxylic acids is 1. The molecule has 1 unspecified atom stereocenters. The number of aromatic nitrogens is 2. The van der Waals surface area contributed by atoms with Crippen LogP contribution in [0.15, 0.2) is 108 Å². The van der Waals surface area contributed by atoms with Crippen LogP contribution in [-0.4, -0.2) is 27.1 Å². The van der Waals surface area contributed by atoms with Crippen LogP contribution < -0.4 is 15.6 Å². The fourth-order valence-electron chi connectivity index (χ4n) is 4.89. The molecule has 1 heterocycles. The van der Waals surface area contributed by atoms with E-state index in [1.807, 2.05) is 74.5 Å². The molecule has 0 aliphatic rings. The zero-order valence-electron chi connectivity index (χ0n) is 23.0. The van der Waals surface area contributed by atoms with Crippen LogP contribution in [0.5, 0.6) is 5.75 Å². The second-order valence-corrected chi connectivity index (χ2v) is 9.53. The highest BCUT2D eigenvalue weighted by Crippen LogP contribution is 2.29. The molecular weight excluding hydrogens is 519 g/mol. The van der Waals surface area contributed by atoms with Crippen molar-refractivity contribution in [2.75, 3.05) is 11.9 Å². The molecule has 208 valence electrons. The number of urea groups is 1. The van der Waals surface area contributed by atoms with Gasteiger partial charge in [-0.05, 0) is 73.5 Å². The number of rotatable bonds is 9. The van der Waals surface area contributed by atoms with Gasteiger partial charge in [0, 0.05) is 12.2 Å². The number of ether oxygens (including phenoxy) is 1. The summed E-state index contributed by atoms with van der Waals surface area (Å²) in [4.78, 5) is 34.5. The lowest BCUT2D eigenvalue weighted by molar-refractivity contribution is 0.177. The first-order valence-electron chi connectivity index (χ1n) is 13.6. The second kappa shape index (κ2) is 12.5. The van der Waals surface area contributed by atoms with Crippen LogP contribution in [0.3, 0.4) is 0 Å². The Hall–Kier alpha value is -4.98. The summed E-state index contributed by atoms with van der Waals surface area (Å²) in [6.07, 6.45) is 0.464. The number of nitrogens with zero attached hydrogens (tertiary/aromatic N) is 3. The summed E-state index contributed by atoms with van der Waals surface area (Å²) in [5, 5.41) is 3.31. The van der Waals surface area contributed by atoms with Crippen molar-refractivity contribution >= 4 is 22.6 Å². The van der Waals surface area contributed by atoms with Crippen LogP contribution in [0.2, 0.25) is 0 Å². The van der Waals surface area contributed by atoms with Gasteiger partial charge in [-0.15, -0.1) is 0 Å². The lowest BCUT2D eigenvalue weighted by atomic mass is 10.1. The lowest BCUT2D eigenvalue weighted by Crippen LogP contribution is -2.40. The van der Waals surface area contributed by atoms with E-state index in [0.29, 0.717) is 46.9 Å². The third-order valence-electron chi connectivity index (χ3n) is 6.80. The summed E-state index contributed by atoms with van der Waals surface area (Å²) in [7, 11) is 0. The average Bonchev–Trinajstić information content (AvgIpc) is 2.98. The highest BCUT2D eigenvalue weighted by molar-refractivity contribution is 5.89. The number of fused-ring (bicyclic) bond motifs is 1. The number of nitrogens with one attached hydrogen (secondary N) is 1. The number of hydrogen-bond acceptors (Lipinski definition) is 4. The standard InChI is InChI=1S/C33H31FN4O3/c1-3-30(37(22-23-11-6-5-7-12-23)33(40)35-25-14-10-13-24(34)21-25)31-36-29-16-9-8-15-28(29)32(39)38(31)26-17-19-27(20-18-26)41-4-2/h5-21,30H,3-4,22H2,1-2H3,(H,35,40). The van der Waals surface area contributed by atoms with Gasteiger partial charge in [0.05, 0.1) is 29.2 Å². The van der Waals surface area contributed by atoms with E-state index in [-0.39, 0.29) is 12.1 Å². The Morgan fingerprint density at radius 1 is 0.951 bits per heavy atom. The van der Waals surface area contributed by atoms with Crippen LogP contribution in [0.25, 0.3) is 16.6 Å². The first-order valence-corrected chi connectivity index (χ1v) is 13.6. The quantitative estimate of drug-likeness (QED) is 0.212. The minimum Gasteiger partial charge on any atom is -0.494 e.